The Labute approximate surface area is 173 Å². The van der Waals surface area contributed by atoms with Crippen molar-refractivity contribution in [2.24, 2.45) is 0 Å². The number of hydrogen-bond donors (Lipinski definition) is 1. The lowest BCUT2D eigenvalue weighted by Gasteiger charge is -2.13. The van der Waals surface area contributed by atoms with Gasteiger partial charge < -0.3 is 14.6 Å². The monoisotopic (exact) mass is 416 g/mol. The summed E-state index contributed by atoms with van der Waals surface area (Å²) in [5, 5.41) is 9.57. The molecule has 0 aliphatic rings. The van der Waals surface area contributed by atoms with Crippen molar-refractivity contribution in [2.75, 3.05) is 13.7 Å². The van der Waals surface area contributed by atoms with Crippen molar-refractivity contribution in [1.82, 2.24) is 0 Å². The number of aliphatic carboxylic acids is 1. The van der Waals surface area contributed by atoms with Gasteiger partial charge in [-0.1, -0.05) is 59.6 Å². The largest absolute Gasteiger partial charge is 0.496 e. The lowest BCUT2D eigenvalue weighted by atomic mass is 9.98. The molecule has 1 N–H and O–H groups in total. The first-order valence-electron chi connectivity index (χ1n) is 8.52. The first kappa shape index (κ1) is 20.1. The minimum absolute atomic E-state index is 0.320. The van der Waals surface area contributed by atoms with E-state index in [2.05, 4.69) is 6.07 Å². The summed E-state index contributed by atoms with van der Waals surface area (Å²) in [6, 6.07) is 19.1. The Morgan fingerprint density at radius 1 is 1.00 bits per heavy atom. The molecule has 0 bridgehead atoms. The van der Waals surface area contributed by atoms with Gasteiger partial charge in [-0.25, -0.2) is 4.79 Å². The van der Waals surface area contributed by atoms with Crippen LogP contribution in [0.3, 0.4) is 0 Å². The standard InChI is InChI=1S/C22H18Cl2O4/c1-27-21-8-7-14(9-17(21)15-5-3-2-4-6-15)10-18-19(23)11-16(12-20(18)24)28-13-22(25)26/h2-9,11-12H,10,13H2,1H3,(H,25,26). The Morgan fingerprint density at radius 2 is 1.68 bits per heavy atom. The van der Waals surface area contributed by atoms with E-state index < -0.39 is 12.6 Å². The van der Waals surface area contributed by atoms with E-state index in [1.54, 1.807) is 19.2 Å². The number of carboxylic acids is 1. The zero-order valence-electron chi connectivity index (χ0n) is 15.1. The van der Waals surface area contributed by atoms with Gasteiger partial charge in [-0.2, -0.15) is 0 Å². The molecular formula is C22H18Cl2O4. The fourth-order valence-corrected chi connectivity index (χ4v) is 3.49. The zero-order valence-corrected chi connectivity index (χ0v) is 16.6. The van der Waals surface area contributed by atoms with Crippen molar-refractivity contribution >= 4 is 29.2 Å². The molecule has 28 heavy (non-hydrogen) atoms. The minimum Gasteiger partial charge on any atom is -0.496 e. The predicted molar refractivity (Wildman–Crippen MR) is 111 cm³/mol. The van der Waals surface area contributed by atoms with Crippen LogP contribution in [0.25, 0.3) is 11.1 Å². The number of ether oxygens (including phenoxy) is 2. The van der Waals surface area contributed by atoms with Crippen LogP contribution in [-0.4, -0.2) is 24.8 Å². The maximum atomic E-state index is 10.7. The molecule has 0 saturated carbocycles. The summed E-state index contributed by atoms with van der Waals surface area (Å²) in [6.07, 6.45) is 0.515. The summed E-state index contributed by atoms with van der Waals surface area (Å²) < 4.78 is 10.7. The Morgan fingerprint density at radius 3 is 2.29 bits per heavy atom. The summed E-state index contributed by atoms with van der Waals surface area (Å²) in [4.78, 5) is 10.7. The van der Waals surface area contributed by atoms with E-state index in [-0.39, 0.29) is 0 Å². The smallest absolute Gasteiger partial charge is 0.341 e. The third-order valence-electron chi connectivity index (χ3n) is 4.21. The van der Waals surface area contributed by atoms with Crippen molar-refractivity contribution in [3.63, 3.8) is 0 Å². The van der Waals surface area contributed by atoms with Gasteiger partial charge in [0.25, 0.3) is 0 Å². The molecule has 3 aromatic carbocycles. The normalized spacial score (nSPS) is 10.5. The highest BCUT2D eigenvalue weighted by atomic mass is 35.5. The number of halogens is 2. The second-order valence-electron chi connectivity index (χ2n) is 6.13. The van der Waals surface area contributed by atoms with Crippen LogP contribution >= 0.6 is 23.2 Å². The third kappa shape index (κ3) is 4.77. The van der Waals surface area contributed by atoms with Crippen LogP contribution in [0.4, 0.5) is 0 Å². The van der Waals surface area contributed by atoms with Gasteiger partial charge >= 0.3 is 5.97 Å². The zero-order chi connectivity index (χ0) is 20.1. The molecule has 0 spiro atoms. The molecule has 0 radical (unpaired) electrons. The summed E-state index contributed by atoms with van der Waals surface area (Å²) in [7, 11) is 1.64. The molecular weight excluding hydrogens is 399 g/mol. The Balaban J connectivity index is 1.91. The summed E-state index contributed by atoms with van der Waals surface area (Å²) >= 11 is 12.8. The molecule has 3 rings (SSSR count). The molecule has 0 aromatic heterocycles. The van der Waals surface area contributed by atoms with Gasteiger partial charge in [0.05, 0.1) is 7.11 Å². The molecule has 0 aliphatic heterocycles. The van der Waals surface area contributed by atoms with Crippen molar-refractivity contribution in [2.45, 2.75) is 6.42 Å². The lowest BCUT2D eigenvalue weighted by Crippen LogP contribution is -2.09. The molecule has 4 nitrogen and oxygen atoms in total. The van der Waals surface area contributed by atoms with Gasteiger partial charge in [0.1, 0.15) is 11.5 Å². The highest BCUT2D eigenvalue weighted by Gasteiger charge is 2.13. The molecule has 144 valence electrons. The molecule has 0 heterocycles. The second kappa shape index (κ2) is 9.00. The maximum absolute atomic E-state index is 10.7. The van der Waals surface area contributed by atoms with E-state index in [1.165, 1.54) is 0 Å². The van der Waals surface area contributed by atoms with Crippen molar-refractivity contribution < 1.29 is 19.4 Å². The summed E-state index contributed by atoms with van der Waals surface area (Å²) in [5.74, 6) is 0.0356. The highest BCUT2D eigenvalue weighted by Crippen LogP contribution is 2.35. The summed E-state index contributed by atoms with van der Waals surface area (Å²) in [6.45, 7) is -0.453. The number of benzene rings is 3. The number of carboxylic acid groups (broad SMARTS) is 1. The number of rotatable bonds is 7. The van der Waals surface area contributed by atoms with Crippen LogP contribution in [0.15, 0.2) is 60.7 Å². The van der Waals surface area contributed by atoms with Gasteiger partial charge in [0, 0.05) is 22.0 Å². The molecule has 0 fully saturated rings. The second-order valence-corrected chi connectivity index (χ2v) is 6.94. The Bertz CT molecular complexity index is 964. The number of methoxy groups -OCH3 is 1. The number of hydrogen-bond acceptors (Lipinski definition) is 3. The molecule has 3 aromatic rings. The van der Waals surface area contributed by atoms with E-state index in [9.17, 15) is 4.79 Å². The minimum atomic E-state index is -1.07. The van der Waals surface area contributed by atoms with Gasteiger partial charge in [-0.15, -0.1) is 0 Å². The molecule has 0 atom stereocenters. The molecule has 0 unspecified atom stereocenters. The topological polar surface area (TPSA) is 55.8 Å². The first-order valence-corrected chi connectivity index (χ1v) is 9.28. The molecule has 0 aliphatic carbocycles. The average molecular weight is 417 g/mol. The van der Waals surface area contributed by atoms with Crippen LogP contribution in [0.2, 0.25) is 10.0 Å². The van der Waals surface area contributed by atoms with Crippen LogP contribution in [0.1, 0.15) is 11.1 Å². The van der Waals surface area contributed by atoms with Gasteiger partial charge in [0.15, 0.2) is 6.61 Å². The highest BCUT2D eigenvalue weighted by molar-refractivity contribution is 6.36. The third-order valence-corrected chi connectivity index (χ3v) is 4.88. The predicted octanol–water partition coefficient (Wildman–Crippen LogP) is 5.72. The first-order chi connectivity index (χ1) is 13.5. The number of carbonyl (C=O) groups is 1. The quantitative estimate of drug-likeness (QED) is 0.534. The van der Waals surface area contributed by atoms with E-state index >= 15 is 0 Å². The van der Waals surface area contributed by atoms with Crippen LogP contribution in [0, 0.1) is 0 Å². The van der Waals surface area contributed by atoms with Gasteiger partial charge in [0.2, 0.25) is 0 Å². The fraction of sp³-hybridized carbons (Fsp3) is 0.136. The molecule has 6 heteroatoms. The SMILES string of the molecule is COc1ccc(Cc2c(Cl)cc(OCC(=O)O)cc2Cl)cc1-c1ccccc1. The van der Waals surface area contributed by atoms with Crippen molar-refractivity contribution in [1.29, 1.82) is 0 Å². The van der Waals surface area contributed by atoms with Crippen LogP contribution in [0.5, 0.6) is 11.5 Å². The lowest BCUT2D eigenvalue weighted by molar-refractivity contribution is -0.139. The van der Waals surface area contributed by atoms with E-state index in [0.29, 0.717) is 22.2 Å². The Kier molecular flexibility index (Phi) is 6.45. The molecule has 0 saturated heterocycles. The Hall–Kier alpha value is -2.69. The average Bonchev–Trinajstić information content (AvgIpc) is 2.69. The fourth-order valence-electron chi connectivity index (χ4n) is 2.89. The van der Waals surface area contributed by atoms with E-state index in [4.69, 9.17) is 37.8 Å². The van der Waals surface area contributed by atoms with Gasteiger partial charge in [-0.05, 0) is 41.0 Å². The molecule has 0 amide bonds. The van der Waals surface area contributed by atoms with Crippen LogP contribution < -0.4 is 9.47 Å². The van der Waals surface area contributed by atoms with Gasteiger partial charge in [-0.3, -0.25) is 0 Å². The van der Waals surface area contributed by atoms with Crippen LogP contribution in [-0.2, 0) is 11.2 Å². The van der Waals surface area contributed by atoms with E-state index in [0.717, 1.165) is 28.0 Å². The van der Waals surface area contributed by atoms with Crippen molar-refractivity contribution in [3.05, 3.63) is 81.8 Å². The maximum Gasteiger partial charge on any atom is 0.341 e. The van der Waals surface area contributed by atoms with Crippen molar-refractivity contribution in [3.8, 4) is 22.6 Å². The van der Waals surface area contributed by atoms with E-state index in [1.807, 2.05) is 42.5 Å². The summed E-state index contributed by atoms with van der Waals surface area (Å²) in [5.41, 5.74) is 3.79.